The van der Waals surface area contributed by atoms with Gasteiger partial charge in [0.15, 0.2) is 0 Å². The van der Waals surface area contributed by atoms with E-state index in [1.807, 2.05) is 18.2 Å². The van der Waals surface area contributed by atoms with Gasteiger partial charge in [-0.05, 0) is 53.0 Å². The number of benzene rings is 1. The number of likely N-dealkylation sites (tertiary alicyclic amines) is 1. The molecule has 1 heterocycles. The van der Waals surface area contributed by atoms with E-state index in [0.717, 1.165) is 30.7 Å². The van der Waals surface area contributed by atoms with E-state index in [9.17, 15) is 0 Å². The van der Waals surface area contributed by atoms with Crippen LogP contribution >= 0.6 is 22.6 Å². The smallest absolute Gasteiger partial charge is 0.132 e. The number of para-hydroxylation sites is 1. The van der Waals surface area contributed by atoms with E-state index in [4.69, 9.17) is 4.74 Å². The molecule has 0 amide bonds. The summed E-state index contributed by atoms with van der Waals surface area (Å²) in [5, 5.41) is 0. The quantitative estimate of drug-likeness (QED) is 0.761. The third-order valence-electron chi connectivity index (χ3n) is 3.45. The molecule has 1 saturated heterocycles. The Morgan fingerprint density at radius 2 is 1.89 bits per heavy atom. The molecular weight excluding hydrogens is 337 g/mol. The normalized spacial score (nSPS) is 25.1. The van der Waals surface area contributed by atoms with Crippen LogP contribution in [0.3, 0.4) is 0 Å². The second kappa shape index (κ2) is 6.75. The van der Waals surface area contributed by atoms with Crippen LogP contribution < -0.4 is 4.74 Å². The molecule has 0 unspecified atom stereocenters. The van der Waals surface area contributed by atoms with Gasteiger partial charge in [0.25, 0.3) is 0 Å². The van der Waals surface area contributed by atoms with Crippen LogP contribution in [0.5, 0.6) is 5.75 Å². The molecule has 2 atom stereocenters. The van der Waals surface area contributed by atoms with Crippen molar-refractivity contribution in [3.63, 3.8) is 0 Å². The van der Waals surface area contributed by atoms with Gasteiger partial charge in [-0.3, -0.25) is 4.90 Å². The van der Waals surface area contributed by atoms with E-state index >= 15 is 0 Å². The van der Waals surface area contributed by atoms with Gasteiger partial charge in [0, 0.05) is 19.6 Å². The van der Waals surface area contributed by atoms with E-state index in [1.54, 1.807) is 0 Å². The van der Waals surface area contributed by atoms with E-state index < -0.39 is 0 Å². The molecule has 2 nitrogen and oxygen atoms in total. The van der Waals surface area contributed by atoms with Gasteiger partial charge in [-0.1, -0.05) is 26.0 Å². The number of hydrogen-bond acceptors (Lipinski definition) is 2. The van der Waals surface area contributed by atoms with Crippen LogP contribution in [0.15, 0.2) is 24.3 Å². The molecule has 1 aliphatic heterocycles. The molecule has 1 aliphatic rings. The van der Waals surface area contributed by atoms with Crippen molar-refractivity contribution in [2.24, 2.45) is 11.8 Å². The summed E-state index contributed by atoms with van der Waals surface area (Å²) in [6.07, 6.45) is 1.37. The molecule has 0 saturated carbocycles. The third kappa shape index (κ3) is 4.12. The summed E-state index contributed by atoms with van der Waals surface area (Å²) in [7, 11) is 0. The molecule has 3 heteroatoms. The van der Waals surface area contributed by atoms with Crippen LogP contribution in [0.4, 0.5) is 0 Å². The maximum absolute atomic E-state index is 5.86. The first-order valence-corrected chi connectivity index (χ1v) is 7.82. The number of piperidine rings is 1. The molecule has 0 aliphatic carbocycles. The van der Waals surface area contributed by atoms with Crippen LogP contribution in [-0.4, -0.2) is 31.1 Å². The first-order chi connectivity index (χ1) is 8.65. The second-order valence-electron chi connectivity index (χ2n) is 5.48. The highest BCUT2D eigenvalue weighted by Crippen LogP contribution is 2.22. The van der Waals surface area contributed by atoms with Crippen LogP contribution in [-0.2, 0) is 0 Å². The minimum atomic E-state index is 0.791. The Kier molecular flexibility index (Phi) is 5.30. The van der Waals surface area contributed by atoms with Gasteiger partial charge in [0.05, 0.1) is 3.57 Å². The van der Waals surface area contributed by atoms with Crippen molar-refractivity contribution in [3.05, 3.63) is 27.8 Å². The first-order valence-electron chi connectivity index (χ1n) is 6.75. The summed E-state index contributed by atoms with van der Waals surface area (Å²) in [4.78, 5) is 2.54. The Morgan fingerprint density at radius 3 is 2.56 bits per heavy atom. The summed E-state index contributed by atoms with van der Waals surface area (Å²) in [5.74, 6) is 2.66. The average Bonchev–Trinajstić information content (AvgIpc) is 2.30. The van der Waals surface area contributed by atoms with Crippen LogP contribution in [0.1, 0.15) is 20.3 Å². The minimum absolute atomic E-state index is 0.791. The lowest BCUT2D eigenvalue weighted by Gasteiger charge is -2.34. The summed E-state index contributed by atoms with van der Waals surface area (Å²) in [5.41, 5.74) is 0. The van der Waals surface area contributed by atoms with Crippen molar-refractivity contribution in [3.8, 4) is 5.75 Å². The molecular formula is C15H22INO. The van der Waals surface area contributed by atoms with Gasteiger partial charge in [-0.2, -0.15) is 0 Å². The lowest BCUT2D eigenvalue weighted by molar-refractivity contribution is 0.120. The highest BCUT2D eigenvalue weighted by molar-refractivity contribution is 14.1. The number of ether oxygens (including phenoxy) is 1. The fraction of sp³-hybridized carbons (Fsp3) is 0.600. The highest BCUT2D eigenvalue weighted by Gasteiger charge is 2.21. The zero-order valence-corrected chi connectivity index (χ0v) is 13.4. The summed E-state index contributed by atoms with van der Waals surface area (Å²) >= 11 is 2.32. The largest absolute Gasteiger partial charge is 0.491 e. The standard InChI is InChI=1S/C15H22INO/c1-12-9-13(2)11-17(10-12)7-8-18-15-6-4-3-5-14(15)16/h3-6,12-13H,7-11H2,1-2H3/t12-,13-/m0/s1. The van der Waals surface area contributed by atoms with Crippen molar-refractivity contribution in [2.45, 2.75) is 20.3 Å². The fourth-order valence-electron chi connectivity index (χ4n) is 2.82. The first kappa shape index (κ1) is 14.1. The van der Waals surface area contributed by atoms with Gasteiger partial charge in [0.2, 0.25) is 0 Å². The molecule has 0 aromatic heterocycles. The summed E-state index contributed by atoms with van der Waals surface area (Å²) in [6.45, 7) is 8.98. The Labute approximate surface area is 124 Å². The SMILES string of the molecule is C[C@H]1C[C@H](C)CN(CCOc2ccccc2I)C1. The van der Waals surface area contributed by atoms with Crippen LogP contribution in [0, 0.1) is 15.4 Å². The predicted octanol–water partition coefficient (Wildman–Crippen LogP) is 3.65. The fourth-order valence-corrected chi connectivity index (χ4v) is 3.36. The highest BCUT2D eigenvalue weighted by atomic mass is 127. The molecule has 18 heavy (non-hydrogen) atoms. The Hall–Kier alpha value is -0.290. The number of hydrogen-bond donors (Lipinski definition) is 0. The number of nitrogens with zero attached hydrogens (tertiary/aromatic N) is 1. The minimum Gasteiger partial charge on any atom is -0.491 e. The van der Waals surface area contributed by atoms with Crippen LogP contribution in [0.2, 0.25) is 0 Å². The molecule has 1 fully saturated rings. The van der Waals surface area contributed by atoms with Crippen molar-refractivity contribution in [1.82, 2.24) is 4.90 Å². The van der Waals surface area contributed by atoms with Gasteiger partial charge < -0.3 is 4.74 Å². The Morgan fingerprint density at radius 1 is 1.22 bits per heavy atom. The van der Waals surface area contributed by atoms with E-state index in [2.05, 4.69) is 47.4 Å². The molecule has 100 valence electrons. The van der Waals surface area contributed by atoms with Gasteiger partial charge in [0.1, 0.15) is 12.4 Å². The molecule has 0 N–H and O–H groups in total. The topological polar surface area (TPSA) is 12.5 Å². The molecule has 2 rings (SSSR count). The number of rotatable bonds is 4. The molecule has 1 aromatic rings. The lowest BCUT2D eigenvalue weighted by Crippen LogP contribution is -2.40. The van der Waals surface area contributed by atoms with Crippen molar-refractivity contribution in [2.75, 3.05) is 26.2 Å². The maximum atomic E-state index is 5.86. The van der Waals surface area contributed by atoms with Crippen LogP contribution in [0.25, 0.3) is 0 Å². The molecule has 0 radical (unpaired) electrons. The molecule has 0 bridgehead atoms. The Balaban J connectivity index is 1.77. The van der Waals surface area contributed by atoms with Gasteiger partial charge in [-0.25, -0.2) is 0 Å². The van der Waals surface area contributed by atoms with E-state index in [1.165, 1.54) is 23.1 Å². The lowest BCUT2D eigenvalue weighted by atomic mass is 9.92. The zero-order chi connectivity index (χ0) is 13.0. The van der Waals surface area contributed by atoms with Crippen molar-refractivity contribution in [1.29, 1.82) is 0 Å². The third-order valence-corrected chi connectivity index (χ3v) is 4.34. The molecule has 0 spiro atoms. The second-order valence-corrected chi connectivity index (χ2v) is 6.65. The average molecular weight is 359 g/mol. The molecule has 1 aromatic carbocycles. The monoisotopic (exact) mass is 359 g/mol. The van der Waals surface area contributed by atoms with E-state index in [0.29, 0.717) is 0 Å². The Bertz CT molecular complexity index is 373. The number of halogens is 1. The van der Waals surface area contributed by atoms with Crippen molar-refractivity contribution < 1.29 is 4.74 Å². The summed E-state index contributed by atoms with van der Waals surface area (Å²) in [6, 6.07) is 8.20. The summed E-state index contributed by atoms with van der Waals surface area (Å²) < 4.78 is 7.05. The predicted molar refractivity (Wildman–Crippen MR) is 84.0 cm³/mol. The van der Waals surface area contributed by atoms with Gasteiger partial charge >= 0.3 is 0 Å². The van der Waals surface area contributed by atoms with E-state index in [-0.39, 0.29) is 0 Å². The zero-order valence-electron chi connectivity index (χ0n) is 11.2. The maximum Gasteiger partial charge on any atom is 0.132 e. The van der Waals surface area contributed by atoms with Gasteiger partial charge in [-0.15, -0.1) is 0 Å². The van der Waals surface area contributed by atoms with Crippen molar-refractivity contribution >= 4 is 22.6 Å².